The van der Waals surface area contributed by atoms with E-state index >= 15 is 0 Å². The lowest BCUT2D eigenvalue weighted by molar-refractivity contribution is -0.121. The Morgan fingerprint density at radius 3 is 2.68 bits per heavy atom. The van der Waals surface area contributed by atoms with E-state index in [4.69, 9.17) is 4.74 Å². The molecule has 1 aliphatic rings. The number of aryl methyl sites for hydroxylation is 1. The molecule has 1 N–H and O–H groups in total. The maximum absolute atomic E-state index is 12.1. The summed E-state index contributed by atoms with van der Waals surface area (Å²) in [5.41, 5.74) is 2.86. The van der Waals surface area contributed by atoms with Crippen LogP contribution in [-0.2, 0) is 17.8 Å². The van der Waals surface area contributed by atoms with Gasteiger partial charge in [0, 0.05) is 6.54 Å². The van der Waals surface area contributed by atoms with Crippen molar-refractivity contribution in [3.8, 4) is 5.75 Å². The van der Waals surface area contributed by atoms with Crippen LogP contribution in [0.3, 0.4) is 0 Å². The fourth-order valence-electron chi connectivity index (χ4n) is 2.68. The average molecular weight is 297 g/mol. The van der Waals surface area contributed by atoms with E-state index in [0.717, 1.165) is 24.1 Å². The van der Waals surface area contributed by atoms with Gasteiger partial charge in [-0.2, -0.15) is 0 Å². The highest BCUT2D eigenvalue weighted by molar-refractivity contribution is 5.97. The highest BCUT2D eigenvalue weighted by Crippen LogP contribution is 2.33. The minimum Gasteiger partial charge on any atom is -0.482 e. The zero-order chi connectivity index (χ0) is 15.4. The summed E-state index contributed by atoms with van der Waals surface area (Å²) in [4.78, 5) is 13.9. The maximum atomic E-state index is 12.1. The summed E-state index contributed by atoms with van der Waals surface area (Å²) in [6.45, 7) is 0.703. The highest BCUT2D eigenvalue weighted by Gasteiger charge is 2.25. The van der Waals surface area contributed by atoms with Gasteiger partial charge in [0.25, 0.3) is 5.91 Å². The third-order valence-electron chi connectivity index (χ3n) is 3.84. The molecule has 0 aromatic heterocycles. The molecule has 2 aromatic rings. The summed E-state index contributed by atoms with van der Waals surface area (Å²) in [5.74, 6) is 0.656. The van der Waals surface area contributed by atoms with Crippen LogP contribution in [0.5, 0.6) is 5.75 Å². The fourth-order valence-corrected chi connectivity index (χ4v) is 2.68. The van der Waals surface area contributed by atoms with Crippen LogP contribution in [0.2, 0.25) is 0 Å². The predicted molar refractivity (Wildman–Crippen MR) is 85.0 cm³/mol. The number of anilines is 1. The van der Waals surface area contributed by atoms with Crippen LogP contribution < -0.4 is 9.64 Å². The van der Waals surface area contributed by atoms with E-state index in [2.05, 4.69) is 12.1 Å². The van der Waals surface area contributed by atoms with E-state index in [1.807, 2.05) is 30.3 Å². The monoisotopic (exact) mass is 297 g/mol. The lowest BCUT2D eigenvalue weighted by atomic mass is 10.1. The van der Waals surface area contributed by atoms with Gasteiger partial charge in [0.05, 0.1) is 12.3 Å². The molecule has 22 heavy (non-hydrogen) atoms. The second-order valence-electron chi connectivity index (χ2n) is 5.38. The first-order valence-corrected chi connectivity index (χ1v) is 7.49. The molecule has 0 bridgehead atoms. The molecule has 0 saturated carbocycles. The fraction of sp³-hybridized carbons (Fsp3) is 0.278. The van der Waals surface area contributed by atoms with Gasteiger partial charge in [-0.25, -0.2) is 0 Å². The van der Waals surface area contributed by atoms with Crippen LogP contribution in [0.1, 0.15) is 17.5 Å². The van der Waals surface area contributed by atoms with Gasteiger partial charge in [0.1, 0.15) is 5.75 Å². The molecule has 1 aliphatic heterocycles. The second kappa shape index (κ2) is 6.62. The van der Waals surface area contributed by atoms with Gasteiger partial charge in [-0.1, -0.05) is 36.4 Å². The molecule has 4 nitrogen and oxygen atoms in total. The Labute approximate surface area is 130 Å². The Morgan fingerprint density at radius 1 is 1.09 bits per heavy atom. The molecular weight excluding hydrogens is 278 g/mol. The van der Waals surface area contributed by atoms with Crippen molar-refractivity contribution in [2.75, 3.05) is 18.1 Å². The van der Waals surface area contributed by atoms with Crippen molar-refractivity contribution in [1.29, 1.82) is 0 Å². The number of nitrogens with zero attached hydrogens (tertiary/aromatic N) is 1. The van der Waals surface area contributed by atoms with Crippen LogP contribution in [0.4, 0.5) is 5.69 Å². The van der Waals surface area contributed by atoms with Crippen molar-refractivity contribution in [2.45, 2.75) is 19.4 Å². The van der Waals surface area contributed by atoms with Gasteiger partial charge in [-0.15, -0.1) is 0 Å². The van der Waals surface area contributed by atoms with Gasteiger partial charge in [0.15, 0.2) is 6.61 Å². The van der Waals surface area contributed by atoms with Crippen molar-refractivity contribution in [2.24, 2.45) is 0 Å². The van der Waals surface area contributed by atoms with Gasteiger partial charge in [-0.05, 0) is 36.1 Å². The zero-order valence-electron chi connectivity index (χ0n) is 12.4. The average Bonchev–Trinajstić information content (AvgIpc) is 2.57. The van der Waals surface area contributed by atoms with Gasteiger partial charge >= 0.3 is 0 Å². The molecule has 0 saturated heterocycles. The predicted octanol–water partition coefficient (Wildman–Crippen LogP) is 2.54. The summed E-state index contributed by atoms with van der Waals surface area (Å²) in [7, 11) is 0. The summed E-state index contributed by atoms with van der Waals surface area (Å²) in [6, 6.07) is 15.7. The van der Waals surface area contributed by atoms with E-state index in [1.165, 1.54) is 5.56 Å². The van der Waals surface area contributed by atoms with Crippen molar-refractivity contribution in [3.63, 3.8) is 0 Å². The number of rotatable bonds is 5. The molecule has 114 valence electrons. The number of carbonyl (C=O) groups is 1. The maximum Gasteiger partial charge on any atom is 0.265 e. The third kappa shape index (κ3) is 3.12. The summed E-state index contributed by atoms with van der Waals surface area (Å²) in [5, 5.41) is 9.19. The van der Waals surface area contributed by atoms with Gasteiger partial charge in [-0.3, -0.25) is 4.79 Å². The molecule has 1 heterocycles. The molecular formula is C18H19NO3. The van der Waals surface area contributed by atoms with Crippen molar-refractivity contribution in [1.82, 2.24) is 0 Å². The first-order chi connectivity index (χ1) is 10.8. The number of aliphatic hydroxyl groups is 1. The SMILES string of the molecule is O=C1COc2cc(CO)ccc2N1CCCc1ccccc1. The Morgan fingerprint density at radius 2 is 1.91 bits per heavy atom. The van der Waals surface area contributed by atoms with Crippen LogP contribution in [-0.4, -0.2) is 24.2 Å². The number of carbonyl (C=O) groups excluding carboxylic acids is 1. The molecule has 2 aromatic carbocycles. The molecule has 0 spiro atoms. The number of hydrogen-bond donors (Lipinski definition) is 1. The quantitative estimate of drug-likeness (QED) is 0.922. The third-order valence-corrected chi connectivity index (χ3v) is 3.84. The summed E-state index contributed by atoms with van der Waals surface area (Å²) in [6.07, 6.45) is 1.84. The molecule has 1 amide bonds. The van der Waals surface area contributed by atoms with Crippen LogP contribution in [0, 0.1) is 0 Å². The number of hydrogen-bond acceptors (Lipinski definition) is 3. The lowest BCUT2D eigenvalue weighted by Gasteiger charge is -2.29. The topological polar surface area (TPSA) is 49.8 Å². The summed E-state index contributed by atoms with van der Waals surface area (Å²) >= 11 is 0. The number of fused-ring (bicyclic) bond motifs is 1. The summed E-state index contributed by atoms with van der Waals surface area (Å²) < 4.78 is 5.47. The standard InChI is InChI=1S/C18H19NO3/c20-12-15-8-9-16-17(11-15)22-13-18(21)19(16)10-4-7-14-5-2-1-3-6-14/h1-3,5-6,8-9,11,20H,4,7,10,12-13H2. The van der Waals surface area contributed by atoms with E-state index in [0.29, 0.717) is 12.3 Å². The Bertz CT molecular complexity index is 655. The van der Waals surface area contributed by atoms with Gasteiger partial charge in [0.2, 0.25) is 0 Å². The van der Waals surface area contributed by atoms with Crippen molar-refractivity contribution in [3.05, 3.63) is 59.7 Å². The second-order valence-corrected chi connectivity index (χ2v) is 5.38. The minimum absolute atomic E-state index is 0.0164. The highest BCUT2D eigenvalue weighted by atomic mass is 16.5. The zero-order valence-corrected chi connectivity index (χ0v) is 12.4. The number of benzene rings is 2. The molecule has 3 rings (SSSR count). The molecule has 0 fully saturated rings. The van der Waals surface area contributed by atoms with Crippen molar-refractivity contribution < 1.29 is 14.6 Å². The van der Waals surface area contributed by atoms with Crippen molar-refractivity contribution >= 4 is 11.6 Å². The Balaban J connectivity index is 1.69. The van der Waals surface area contributed by atoms with E-state index in [-0.39, 0.29) is 19.1 Å². The van der Waals surface area contributed by atoms with Crippen LogP contribution in [0.15, 0.2) is 48.5 Å². The number of aliphatic hydroxyl groups excluding tert-OH is 1. The molecule has 4 heteroatoms. The van der Waals surface area contributed by atoms with Gasteiger partial charge < -0.3 is 14.7 Å². The normalized spacial score (nSPS) is 13.7. The minimum atomic E-state index is -0.0292. The smallest absolute Gasteiger partial charge is 0.265 e. The Hall–Kier alpha value is -2.33. The van der Waals surface area contributed by atoms with E-state index in [9.17, 15) is 9.90 Å². The van der Waals surface area contributed by atoms with Crippen LogP contribution in [0.25, 0.3) is 0 Å². The molecule has 0 aliphatic carbocycles. The number of ether oxygens (including phenoxy) is 1. The molecule has 0 unspecified atom stereocenters. The molecule has 0 radical (unpaired) electrons. The largest absolute Gasteiger partial charge is 0.482 e. The Kier molecular flexibility index (Phi) is 4.39. The first kappa shape index (κ1) is 14.6. The first-order valence-electron chi connectivity index (χ1n) is 7.49. The lowest BCUT2D eigenvalue weighted by Crippen LogP contribution is -2.39. The molecule has 0 atom stereocenters. The van der Waals surface area contributed by atoms with Crippen LogP contribution >= 0.6 is 0 Å². The van der Waals surface area contributed by atoms with E-state index < -0.39 is 0 Å². The van der Waals surface area contributed by atoms with E-state index in [1.54, 1.807) is 11.0 Å². The number of amides is 1.